The van der Waals surface area contributed by atoms with Gasteiger partial charge in [0.1, 0.15) is 5.02 Å². The van der Waals surface area contributed by atoms with Crippen molar-refractivity contribution in [3.05, 3.63) is 11.2 Å². The van der Waals surface area contributed by atoms with E-state index in [9.17, 15) is 9.59 Å². The van der Waals surface area contributed by atoms with E-state index in [2.05, 4.69) is 14.8 Å². The molecular formula is C22H31ClN6O2. The van der Waals surface area contributed by atoms with Crippen molar-refractivity contribution in [2.45, 2.75) is 38.5 Å². The van der Waals surface area contributed by atoms with Crippen LogP contribution in [0.3, 0.4) is 0 Å². The quantitative estimate of drug-likeness (QED) is 0.704. The van der Waals surface area contributed by atoms with E-state index in [1.807, 2.05) is 9.80 Å². The summed E-state index contributed by atoms with van der Waals surface area (Å²) in [5.41, 5.74) is 0. The fraction of sp³-hybridized carbons (Fsp3) is 0.727. The lowest BCUT2D eigenvalue weighted by Gasteiger charge is -2.26. The van der Waals surface area contributed by atoms with Gasteiger partial charge in [-0.25, -0.2) is 4.98 Å². The summed E-state index contributed by atoms with van der Waals surface area (Å²) in [6.07, 6.45) is 7.69. The second-order valence-corrected chi connectivity index (χ2v) is 9.63. The SMILES string of the molecule is O=C(C1CC1)N1CCCN(c2ncc(Cl)c(N3CCCN(C(=O)C4CC4)CC3)n2)CC1. The fourth-order valence-electron chi connectivity index (χ4n) is 4.59. The van der Waals surface area contributed by atoms with E-state index >= 15 is 0 Å². The second kappa shape index (κ2) is 8.81. The molecule has 3 heterocycles. The summed E-state index contributed by atoms with van der Waals surface area (Å²) >= 11 is 6.50. The average Bonchev–Trinajstić information content (AvgIpc) is 3.67. The molecule has 0 N–H and O–H groups in total. The van der Waals surface area contributed by atoms with Gasteiger partial charge < -0.3 is 19.6 Å². The molecule has 0 atom stereocenters. The van der Waals surface area contributed by atoms with Crippen LogP contribution in [0.1, 0.15) is 38.5 Å². The number of amides is 2. The van der Waals surface area contributed by atoms with E-state index in [1.165, 1.54) is 0 Å². The van der Waals surface area contributed by atoms with Gasteiger partial charge in [-0.1, -0.05) is 11.6 Å². The van der Waals surface area contributed by atoms with Gasteiger partial charge in [-0.2, -0.15) is 4.98 Å². The Morgan fingerprint density at radius 1 is 0.774 bits per heavy atom. The first-order chi connectivity index (χ1) is 15.1. The highest BCUT2D eigenvalue weighted by atomic mass is 35.5. The molecule has 1 aromatic heterocycles. The monoisotopic (exact) mass is 446 g/mol. The molecule has 31 heavy (non-hydrogen) atoms. The number of hydrogen-bond donors (Lipinski definition) is 0. The van der Waals surface area contributed by atoms with Crippen LogP contribution < -0.4 is 9.80 Å². The Hall–Kier alpha value is -2.09. The zero-order valence-electron chi connectivity index (χ0n) is 18.0. The van der Waals surface area contributed by atoms with E-state index in [4.69, 9.17) is 16.6 Å². The molecule has 8 nitrogen and oxygen atoms in total. The Labute approximate surface area is 188 Å². The number of anilines is 2. The van der Waals surface area contributed by atoms with Crippen molar-refractivity contribution in [1.82, 2.24) is 19.8 Å². The van der Waals surface area contributed by atoms with Crippen molar-refractivity contribution in [3.8, 4) is 0 Å². The van der Waals surface area contributed by atoms with Crippen LogP contribution in [0.15, 0.2) is 6.20 Å². The first-order valence-corrected chi connectivity index (χ1v) is 12.1. The lowest BCUT2D eigenvalue weighted by molar-refractivity contribution is -0.133. The first-order valence-electron chi connectivity index (χ1n) is 11.7. The molecule has 2 saturated carbocycles. The van der Waals surface area contributed by atoms with E-state index in [0.717, 1.165) is 90.2 Å². The highest BCUT2D eigenvalue weighted by Crippen LogP contribution is 2.33. The van der Waals surface area contributed by atoms with Crippen molar-refractivity contribution in [2.75, 3.05) is 62.2 Å². The van der Waals surface area contributed by atoms with Crippen molar-refractivity contribution in [3.63, 3.8) is 0 Å². The predicted octanol–water partition coefficient (Wildman–Crippen LogP) is 2.03. The minimum Gasteiger partial charge on any atom is -0.353 e. The van der Waals surface area contributed by atoms with Gasteiger partial charge in [0, 0.05) is 64.2 Å². The summed E-state index contributed by atoms with van der Waals surface area (Å²) in [5.74, 6) is 2.58. The van der Waals surface area contributed by atoms with Gasteiger partial charge in [-0.05, 0) is 38.5 Å². The molecule has 1 aromatic rings. The molecule has 9 heteroatoms. The number of carbonyl (C=O) groups is 2. The van der Waals surface area contributed by atoms with Crippen molar-refractivity contribution >= 4 is 35.2 Å². The third-order valence-electron chi connectivity index (χ3n) is 6.76. The molecule has 4 fully saturated rings. The molecule has 0 bridgehead atoms. The van der Waals surface area contributed by atoms with Gasteiger partial charge in [0.05, 0.1) is 6.20 Å². The number of halogens is 1. The molecule has 2 aliphatic carbocycles. The van der Waals surface area contributed by atoms with Crippen LogP contribution in [0.4, 0.5) is 11.8 Å². The maximum Gasteiger partial charge on any atom is 0.227 e. The summed E-state index contributed by atoms with van der Waals surface area (Å²) in [7, 11) is 0. The topological polar surface area (TPSA) is 72.9 Å². The summed E-state index contributed by atoms with van der Waals surface area (Å²) in [6.45, 7) is 6.18. The maximum absolute atomic E-state index is 12.5. The van der Waals surface area contributed by atoms with Crippen LogP contribution >= 0.6 is 11.6 Å². The van der Waals surface area contributed by atoms with Gasteiger partial charge >= 0.3 is 0 Å². The summed E-state index contributed by atoms with van der Waals surface area (Å²) in [5, 5.41) is 0.547. The summed E-state index contributed by atoms with van der Waals surface area (Å²) in [6, 6.07) is 0. The average molecular weight is 447 g/mol. The molecule has 0 aromatic carbocycles. The Morgan fingerprint density at radius 3 is 1.90 bits per heavy atom. The Kier molecular flexibility index (Phi) is 5.91. The molecule has 168 valence electrons. The van der Waals surface area contributed by atoms with E-state index < -0.39 is 0 Å². The van der Waals surface area contributed by atoms with Crippen LogP contribution in [0, 0.1) is 11.8 Å². The largest absolute Gasteiger partial charge is 0.353 e. The number of aromatic nitrogens is 2. The maximum atomic E-state index is 12.5. The van der Waals surface area contributed by atoms with Crippen LogP contribution in [0.5, 0.6) is 0 Å². The smallest absolute Gasteiger partial charge is 0.227 e. The zero-order valence-corrected chi connectivity index (χ0v) is 18.8. The predicted molar refractivity (Wildman–Crippen MR) is 119 cm³/mol. The van der Waals surface area contributed by atoms with Gasteiger partial charge in [0.2, 0.25) is 17.8 Å². The third kappa shape index (κ3) is 4.73. The third-order valence-corrected chi connectivity index (χ3v) is 7.03. The second-order valence-electron chi connectivity index (χ2n) is 9.22. The minimum atomic E-state index is 0.259. The standard InChI is InChI=1S/C22H31ClN6O2/c23-18-15-24-22(29-10-2-9-28(13-14-29)21(31)17-5-6-17)25-19(18)26-7-1-8-27(12-11-26)20(30)16-3-4-16/h15-17H,1-14H2. The molecule has 5 rings (SSSR count). The van der Waals surface area contributed by atoms with Gasteiger partial charge in [0.25, 0.3) is 0 Å². The highest BCUT2D eigenvalue weighted by Gasteiger charge is 2.35. The van der Waals surface area contributed by atoms with E-state index in [0.29, 0.717) is 29.3 Å². The molecular weight excluding hydrogens is 416 g/mol. The van der Waals surface area contributed by atoms with Crippen LogP contribution in [0.25, 0.3) is 0 Å². The summed E-state index contributed by atoms with van der Waals surface area (Å²) < 4.78 is 0. The molecule has 2 amide bonds. The van der Waals surface area contributed by atoms with Crippen LogP contribution in [-0.2, 0) is 9.59 Å². The van der Waals surface area contributed by atoms with Crippen LogP contribution in [0.2, 0.25) is 5.02 Å². The Bertz CT molecular complexity index is 843. The lowest BCUT2D eigenvalue weighted by atomic mass is 10.3. The molecule has 0 spiro atoms. The molecule has 4 aliphatic rings. The van der Waals surface area contributed by atoms with Gasteiger partial charge in [-0.15, -0.1) is 0 Å². The number of hydrogen-bond acceptors (Lipinski definition) is 6. The minimum absolute atomic E-state index is 0.259. The molecule has 0 radical (unpaired) electrons. The fourth-order valence-corrected chi connectivity index (χ4v) is 4.80. The van der Waals surface area contributed by atoms with Crippen molar-refractivity contribution < 1.29 is 9.59 Å². The van der Waals surface area contributed by atoms with E-state index in [1.54, 1.807) is 6.20 Å². The van der Waals surface area contributed by atoms with Crippen molar-refractivity contribution in [1.29, 1.82) is 0 Å². The zero-order chi connectivity index (χ0) is 21.4. The molecule has 2 saturated heterocycles. The highest BCUT2D eigenvalue weighted by molar-refractivity contribution is 6.32. The Balaban J connectivity index is 1.25. The van der Waals surface area contributed by atoms with Gasteiger partial charge in [0.15, 0.2) is 5.82 Å². The lowest BCUT2D eigenvalue weighted by Crippen LogP contribution is -2.37. The molecule has 2 aliphatic heterocycles. The summed E-state index contributed by atoms with van der Waals surface area (Å²) in [4.78, 5) is 42.6. The number of nitrogens with zero attached hydrogens (tertiary/aromatic N) is 6. The van der Waals surface area contributed by atoms with Gasteiger partial charge in [-0.3, -0.25) is 9.59 Å². The van der Waals surface area contributed by atoms with Crippen molar-refractivity contribution in [2.24, 2.45) is 11.8 Å². The Morgan fingerprint density at radius 2 is 1.32 bits per heavy atom. The molecule has 0 unspecified atom stereocenters. The first kappa shape index (κ1) is 20.8. The van der Waals surface area contributed by atoms with Crippen LogP contribution in [-0.4, -0.2) is 83.9 Å². The number of carbonyl (C=O) groups excluding carboxylic acids is 2. The number of rotatable bonds is 4. The normalized spacial score (nSPS) is 22.9. The van der Waals surface area contributed by atoms with E-state index in [-0.39, 0.29) is 11.8 Å².